The number of hydrogen-bond donors (Lipinski definition) is 0. The van der Waals surface area contributed by atoms with E-state index in [0.717, 1.165) is 12.8 Å². The molecule has 0 spiro atoms. The van der Waals surface area contributed by atoms with Gasteiger partial charge in [0.25, 0.3) is 0 Å². The highest BCUT2D eigenvalue weighted by atomic mass is 16.6. The number of pyridine rings is 1. The Bertz CT molecular complexity index is 597. The van der Waals surface area contributed by atoms with Crippen LogP contribution in [-0.2, 0) is 9.47 Å². The molecule has 1 fully saturated rings. The van der Waals surface area contributed by atoms with Crippen LogP contribution in [0.3, 0.4) is 0 Å². The van der Waals surface area contributed by atoms with Crippen molar-refractivity contribution >= 4 is 12.1 Å². The molecular weight excluding hydrogens is 312 g/mol. The molecule has 0 saturated carbocycles. The van der Waals surface area contributed by atoms with Crippen LogP contribution >= 0.6 is 0 Å². The zero-order valence-electron chi connectivity index (χ0n) is 14.6. The SMILES string of the molecule is COC(=O)c1cncc(O[C@@H]2CCCN(C(=O)OC(C)(C)C)C2)c1. The van der Waals surface area contributed by atoms with Crippen LogP contribution in [0.25, 0.3) is 0 Å². The lowest BCUT2D eigenvalue weighted by Crippen LogP contribution is -2.46. The summed E-state index contributed by atoms with van der Waals surface area (Å²) in [6.45, 7) is 6.61. The predicted octanol–water partition coefficient (Wildman–Crippen LogP) is 2.65. The molecule has 1 aromatic heterocycles. The van der Waals surface area contributed by atoms with E-state index >= 15 is 0 Å². The van der Waals surface area contributed by atoms with Crippen molar-refractivity contribution in [3.8, 4) is 5.75 Å². The maximum absolute atomic E-state index is 12.2. The number of likely N-dealkylation sites (tertiary alicyclic amines) is 1. The lowest BCUT2D eigenvalue weighted by atomic mass is 10.1. The maximum Gasteiger partial charge on any atom is 0.410 e. The summed E-state index contributed by atoms with van der Waals surface area (Å²) in [6.07, 6.45) is 4.11. The molecule has 1 amide bonds. The Morgan fingerprint density at radius 3 is 2.71 bits per heavy atom. The predicted molar refractivity (Wildman–Crippen MR) is 87.0 cm³/mol. The van der Waals surface area contributed by atoms with Crippen molar-refractivity contribution in [3.63, 3.8) is 0 Å². The van der Waals surface area contributed by atoms with Crippen LogP contribution in [0.4, 0.5) is 4.79 Å². The van der Waals surface area contributed by atoms with Crippen LogP contribution in [0.1, 0.15) is 44.0 Å². The van der Waals surface area contributed by atoms with Gasteiger partial charge < -0.3 is 19.1 Å². The smallest absolute Gasteiger partial charge is 0.410 e. The molecular formula is C17H24N2O5. The summed E-state index contributed by atoms with van der Waals surface area (Å²) in [4.78, 5) is 29.4. The molecule has 0 aromatic carbocycles. The van der Waals surface area contributed by atoms with Gasteiger partial charge in [-0.1, -0.05) is 0 Å². The largest absolute Gasteiger partial charge is 0.487 e. The van der Waals surface area contributed by atoms with Crippen molar-refractivity contribution in [2.45, 2.75) is 45.3 Å². The molecule has 0 bridgehead atoms. The molecule has 2 rings (SSSR count). The molecule has 0 N–H and O–H groups in total. The first-order chi connectivity index (χ1) is 11.3. The van der Waals surface area contributed by atoms with Gasteiger partial charge in [-0.25, -0.2) is 9.59 Å². The monoisotopic (exact) mass is 336 g/mol. The molecule has 1 aromatic rings. The lowest BCUT2D eigenvalue weighted by Gasteiger charge is -2.34. The van der Waals surface area contributed by atoms with E-state index in [9.17, 15) is 9.59 Å². The lowest BCUT2D eigenvalue weighted by molar-refractivity contribution is 0.00772. The Hall–Kier alpha value is -2.31. The molecule has 1 aliphatic heterocycles. The number of ether oxygens (including phenoxy) is 3. The summed E-state index contributed by atoms with van der Waals surface area (Å²) >= 11 is 0. The van der Waals surface area contributed by atoms with Crippen LogP contribution in [0, 0.1) is 0 Å². The van der Waals surface area contributed by atoms with Gasteiger partial charge in [0.1, 0.15) is 17.5 Å². The van der Waals surface area contributed by atoms with Crippen LogP contribution in [-0.4, -0.2) is 53.9 Å². The van der Waals surface area contributed by atoms with Gasteiger partial charge in [0.2, 0.25) is 0 Å². The summed E-state index contributed by atoms with van der Waals surface area (Å²) in [5, 5.41) is 0. The fraction of sp³-hybridized carbons (Fsp3) is 0.588. The Morgan fingerprint density at radius 2 is 2.04 bits per heavy atom. The zero-order valence-corrected chi connectivity index (χ0v) is 14.6. The molecule has 1 aliphatic rings. The summed E-state index contributed by atoms with van der Waals surface area (Å²) in [5.41, 5.74) is -0.196. The second-order valence-corrected chi connectivity index (χ2v) is 6.71. The van der Waals surface area contributed by atoms with Crippen molar-refractivity contribution in [1.82, 2.24) is 9.88 Å². The van der Waals surface area contributed by atoms with Crippen LogP contribution in [0.5, 0.6) is 5.75 Å². The minimum atomic E-state index is -0.524. The van der Waals surface area contributed by atoms with E-state index in [-0.39, 0.29) is 12.2 Å². The average molecular weight is 336 g/mol. The number of nitrogens with zero attached hydrogens (tertiary/aromatic N) is 2. The average Bonchev–Trinajstić information content (AvgIpc) is 2.53. The second kappa shape index (κ2) is 7.51. The fourth-order valence-corrected chi connectivity index (χ4v) is 2.43. The van der Waals surface area contributed by atoms with Gasteiger partial charge in [-0.2, -0.15) is 0 Å². The highest BCUT2D eigenvalue weighted by Crippen LogP contribution is 2.20. The summed E-state index contributed by atoms with van der Waals surface area (Å²) in [5.74, 6) is 0.0147. The number of aromatic nitrogens is 1. The van der Waals surface area contributed by atoms with Crippen LogP contribution in [0.15, 0.2) is 18.5 Å². The highest BCUT2D eigenvalue weighted by Gasteiger charge is 2.28. The number of piperidine rings is 1. The van der Waals surface area contributed by atoms with Gasteiger partial charge in [0.15, 0.2) is 0 Å². The topological polar surface area (TPSA) is 78.0 Å². The third kappa shape index (κ3) is 5.11. The molecule has 1 atom stereocenters. The third-order valence-corrected chi connectivity index (χ3v) is 3.47. The molecule has 1 saturated heterocycles. The molecule has 0 aliphatic carbocycles. The highest BCUT2D eigenvalue weighted by molar-refractivity contribution is 5.89. The van der Waals surface area contributed by atoms with Gasteiger partial charge in [-0.15, -0.1) is 0 Å². The zero-order chi connectivity index (χ0) is 17.7. The molecule has 2 heterocycles. The number of carbonyl (C=O) groups is 2. The van der Waals surface area contributed by atoms with Gasteiger partial charge in [-0.05, 0) is 39.7 Å². The maximum atomic E-state index is 12.2. The van der Waals surface area contributed by atoms with Gasteiger partial charge in [0, 0.05) is 12.7 Å². The van der Waals surface area contributed by atoms with Crippen molar-refractivity contribution in [2.24, 2.45) is 0 Å². The Morgan fingerprint density at radius 1 is 1.29 bits per heavy atom. The summed E-state index contributed by atoms with van der Waals surface area (Å²) in [7, 11) is 1.32. The first kappa shape index (κ1) is 18.0. The summed E-state index contributed by atoms with van der Waals surface area (Å²) < 4.78 is 16.0. The fourth-order valence-electron chi connectivity index (χ4n) is 2.43. The molecule has 0 radical (unpaired) electrons. The quantitative estimate of drug-likeness (QED) is 0.790. The molecule has 7 nitrogen and oxygen atoms in total. The van der Waals surface area contributed by atoms with Crippen LogP contribution in [0.2, 0.25) is 0 Å². The van der Waals surface area contributed by atoms with Gasteiger partial charge in [-0.3, -0.25) is 4.98 Å². The van der Waals surface area contributed by atoms with Crippen molar-refractivity contribution in [3.05, 3.63) is 24.0 Å². The van der Waals surface area contributed by atoms with Gasteiger partial charge in [0.05, 0.1) is 25.4 Å². The minimum Gasteiger partial charge on any atom is -0.487 e. The van der Waals surface area contributed by atoms with Crippen molar-refractivity contribution < 1.29 is 23.8 Å². The Kier molecular flexibility index (Phi) is 5.64. The molecule has 132 valence electrons. The van der Waals surface area contributed by atoms with E-state index in [1.807, 2.05) is 20.8 Å². The first-order valence-electron chi connectivity index (χ1n) is 7.96. The van der Waals surface area contributed by atoms with Gasteiger partial charge >= 0.3 is 12.1 Å². The standard InChI is InChI=1S/C17H24N2O5/c1-17(2,3)24-16(21)19-7-5-6-13(11-19)23-14-8-12(9-18-10-14)15(20)22-4/h8-10,13H,5-7,11H2,1-4H3/t13-/m1/s1. The van der Waals surface area contributed by atoms with E-state index in [1.54, 1.807) is 17.2 Å². The molecule has 24 heavy (non-hydrogen) atoms. The Labute approximate surface area is 141 Å². The van der Waals surface area contributed by atoms with E-state index in [1.165, 1.54) is 13.3 Å². The summed E-state index contributed by atoms with van der Waals surface area (Å²) in [6, 6.07) is 1.59. The minimum absolute atomic E-state index is 0.166. The Balaban J connectivity index is 1.98. The van der Waals surface area contributed by atoms with E-state index < -0.39 is 11.6 Å². The second-order valence-electron chi connectivity index (χ2n) is 6.71. The van der Waals surface area contributed by atoms with Crippen molar-refractivity contribution in [2.75, 3.05) is 20.2 Å². The number of amides is 1. The molecule has 0 unspecified atom stereocenters. The third-order valence-electron chi connectivity index (χ3n) is 3.47. The normalized spacial score (nSPS) is 18.0. The number of esters is 1. The number of carbonyl (C=O) groups excluding carboxylic acids is 2. The van der Waals surface area contributed by atoms with E-state index in [4.69, 9.17) is 9.47 Å². The van der Waals surface area contributed by atoms with Crippen LogP contribution < -0.4 is 4.74 Å². The number of methoxy groups -OCH3 is 1. The van der Waals surface area contributed by atoms with E-state index in [0.29, 0.717) is 24.4 Å². The van der Waals surface area contributed by atoms with Crippen molar-refractivity contribution in [1.29, 1.82) is 0 Å². The van der Waals surface area contributed by atoms with E-state index in [2.05, 4.69) is 9.72 Å². The number of rotatable bonds is 3. The molecule has 7 heteroatoms. The first-order valence-corrected chi connectivity index (χ1v) is 7.96. The number of hydrogen-bond acceptors (Lipinski definition) is 6.